The number of piperidine rings is 1. The van der Waals surface area contributed by atoms with E-state index in [4.69, 9.17) is 21.3 Å². The minimum atomic E-state index is -0.0724. The smallest absolute Gasteiger partial charge is 0.308 e. The zero-order valence-corrected chi connectivity index (χ0v) is 25.8. The topological polar surface area (TPSA) is 59.5 Å². The van der Waals surface area contributed by atoms with Crippen LogP contribution in [-0.4, -0.2) is 41.5 Å². The van der Waals surface area contributed by atoms with Gasteiger partial charge >= 0.3 is 5.97 Å². The number of carbonyl (C=O) groups is 2. The molecule has 3 aliphatic rings. The van der Waals surface area contributed by atoms with Crippen molar-refractivity contribution in [3.63, 3.8) is 0 Å². The lowest BCUT2D eigenvalue weighted by Crippen LogP contribution is -2.41. The van der Waals surface area contributed by atoms with E-state index in [-0.39, 0.29) is 23.7 Å². The van der Waals surface area contributed by atoms with Crippen molar-refractivity contribution in [2.45, 2.75) is 70.6 Å². The minimum absolute atomic E-state index is 0.00538. The van der Waals surface area contributed by atoms with Crippen LogP contribution < -0.4 is 0 Å². The second-order valence-corrected chi connectivity index (χ2v) is 13.2. The Morgan fingerprint density at radius 2 is 1.74 bits per heavy atom. The Morgan fingerprint density at radius 3 is 2.45 bits per heavy atom. The maximum atomic E-state index is 13.2. The molecule has 1 saturated heterocycles. The number of amides is 1. The number of pyridine rings is 1. The average molecular weight is 667 g/mol. The van der Waals surface area contributed by atoms with Crippen molar-refractivity contribution >= 4 is 55.3 Å². The molecule has 2 aliphatic carbocycles. The molecule has 0 N–H and O–H groups in total. The number of esters is 1. The molecule has 0 unspecified atom stereocenters. The van der Waals surface area contributed by atoms with Crippen LogP contribution in [0.4, 0.5) is 0 Å². The van der Waals surface area contributed by atoms with Gasteiger partial charge in [-0.3, -0.25) is 14.6 Å². The molecule has 0 radical (unpaired) electrons. The number of benzene rings is 1. The zero-order valence-electron chi connectivity index (χ0n) is 21.9. The first-order chi connectivity index (χ1) is 18.3. The van der Waals surface area contributed by atoms with Gasteiger partial charge in [0.1, 0.15) is 0 Å². The number of likely N-dealkylation sites (tertiary alicyclic amines) is 1. The highest BCUT2D eigenvalue weighted by atomic mass is 79.9. The molecule has 1 aromatic heterocycles. The fourth-order valence-corrected chi connectivity index (χ4v) is 8.25. The van der Waals surface area contributed by atoms with E-state index < -0.39 is 0 Å². The second kappa shape index (κ2) is 12.4. The van der Waals surface area contributed by atoms with E-state index in [2.05, 4.69) is 48.9 Å². The molecular weight excluding hydrogens is 632 g/mol. The molecule has 0 spiro atoms. The number of halogens is 3. The van der Waals surface area contributed by atoms with E-state index in [1.54, 1.807) is 0 Å². The SMILES string of the molecule is CCOC(=O)C1CCC(CC(=O)N2CCC([C@H]3c4ncc(Br)cc4CCc4cc(Cl)cc(Br)c43)CC2)CC1. The number of aryl methyl sites for hydroxylation is 2. The third kappa shape index (κ3) is 6.15. The monoisotopic (exact) mass is 664 g/mol. The predicted molar refractivity (Wildman–Crippen MR) is 156 cm³/mol. The van der Waals surface area contributed by atoms with Gasteiger partial charge in [0.05, 0.1) is 18.2 Å². The summed E-state index contributed by atoms with van der Waals surface area (Å²) in [6.07, 6.45) is 9.82. The second-order valence-electron chi connectivity index (χ2n) is 11.0. The first-order valence-corrected chi connectivity index (χ1v) is 15.9. The number of aromatic nitrogens is 1. The van der Waals surface area contributed by atoms with Crippen molar-refractivity contribution < 1.29 is 14.3 Å². The highest BCUT2D eigenvalue weighted by Crippen LogP contribution is 2.46. The van der Waals surface area contributed by atoms with E-state index in [0.29, 0.717) is 24.9 Å². The van der Waals surface area contributed by atoms with Gasteiger partial charge in [-0.05, 0) is 121 Å². The zero-order chi connectivity index (χ0) is 26.8. The summed E-state index contributed by atoms with van der Waals surface area (Å²) < 4.78 is 7.26. The van der Waals surface area contributed by atoms with Gasteiger partial charge in [-0.25, -0.2) is 0 Å². The third-order valence-electron chi connectivity index (χ3n) is 8.71. The number of rotatable bonds is 5. The molecule has 1 amide bonds. The Hall–Kier alpha value is -1.44. The molecule has 1 atom stereocenters. The lowest BCUT2D eigenvalue weighted by atomic mass is 9.76. The highest BCUT2D eigenvalue weighted by molar-refractivity contribution is 9.10. The summed E-state index contributed by atoms with van der Waals surface area (Å²) in [5.74, 6) is 1.15. The van der Waals surface area contributed by atoms with E-state index in [1.807, 2.05) is 19.2 Å². The van der Waals surface area contributed by atoms with Crippen LogP contribution in [-0.2, 0) is 27.2 Å². The van der Waals surface area contributed by atoms with Gasteiger partial charge in [-0.1, -0.05) is 27.5 Å². The molecule has 0 bridgehead atoms. The quantitative estimate of drug-likeness (QED) is 0.311. The van der Waals surface area contributed by atoms with Gasteiger partial charge in [0.25, 0.3) is 0 Å². The van der Waals surface area contributed by atoms with Crippen LogP contribution in [0.1, 0.15) is 80.2 Å². The Balaban J connectivity index is 1.26. The van der Waals surface area contributed by atoms with Crippen LogP contribution in [0, 0.1) is 17.8 Å². The van der Waals surface area contributed by atoms with Gasteiger partial charge in [0.2, 0.25) is 5.91 Å². The summed E-state index contributed by atoms with van der Waals surface area (Å²) in [7, 11) is 0. The van der Waals surface area contributed by atoms with E-state index in [1.165, 1.54) is 16.7 Å². The summed E-state index contributed by atoms with van der Waals surface area (Å²) in [4.78, 5) is 32.3. The molecular formula is C30H35Br2ClN2O3. The van der Waals surface area contributed by atoms with Crippen LogP contribution in [0.5, 0.6) is 0 Å². The van der Waals surface area contributed by atoms with Crippen LogP contribution in [0.15, 0.2) is 33.3 Å². The summed E-state index contributed by atoms with van der Waals surface area (Å²) >= 11 is 13.9. The predicted octanol–water partition coefficient (Wildman–Crippen LogP) is 7.49. The summed E-state index contributed by atoms with van der Waals surface area (Å²) in [6.45, 7) is 3.85. The first-order valence-electron chi connectivity index (χ1n) is 13.9. The Kier molecular flexibility index (Phi) is 9.16. The van der Waals surface area contributed by atoms with Crippen LogP contribution in [0.2, 0.25) is 5.02 Å². The molecule has 2 heterocycles. The van der Waals surface area contributed by atoms with E-state index in [0.717, 1.165) is 84.1 Å². The first kappa shape index (κ1) is 28.1. The number of hydrogen-bond acceptors (Lipinski definition) is 4. The normalized spacial score (nSPS) is 23.8. The Bertz CT molecular complexity index is 1190. The van der Waals surface area contributed by atoms with Crippen molar-refractivity contribution in [1.82, 2.24) is 9.88 Å². The molecule has 38 heavy (non-hydrogen) atoms. The fourth-order valence-electron chi connectivity index (χ4n) is 6.75. The fraction of sp³-hybridized carbons (Fsp3) is 0.567. The molecule has 2 aromatic rings. The number of fused-ring (bicyclic) bond motifs is 2. The largest absolute Gasteiger partial charge is 0.466 e. The van der Waals surface area contributed by atoms with Gasteiger partial charge in [-0.2, -0.15) is 0 Å². The number of nitrogens with zero attached hydrogens (tertiary/aromatic N) is 2. The number of ether oxygens (including phenoxy) is 1. The number of hydrogen-bond donors (Lipinski definition) is 0. The van der Waals surface area contributed by atoms with Crippen molar-refractivity contribution in [2.75, 3.05) is 19.7 Å². The van der Waals surface area contributed by atoms with Crippen molar-refractivity contribution in [3.05, 3.63) is 60.7 Å². The molecule has 8 heteroatoms. The maximum absolute atomic E-state index is 13.2. The number of carbonyl (C=O) groups excluding carboxylic acids is 2. The molecule has 1 aromatic carbocycles. The Morgan fingerprint density at radius 1 is 1.03 bits per heavy atom. The molecule has 2 fully saturated rings. The summed E-state index contributed by atoms with van der Waals surface area (Å²) in [5, 5.41) is 0.756. The molecule has 1 aliphatic heterocycles. The average Bonchev–Trinajstić information content (AvgIpc) is 3.06. The van der Waals surface area contributed by atoms with Gasteiger partial charge in [0.15, 0.2) is 0 Å². The molecule has 5 rings (SSSR count). The van der Waals surface area contributed by atoms with Gasteiger partial charge in [0, 0.05) is 45.6 Å². The lowest BCUT2D eigenvalue weighted by molar-refractivity contribution is -0.149. The molecule has 1 saturated carbocycles. The van der Waals surface area contributed by atoms with E-state index >= 15 is 0 Å². The lowest BCUT2D eigenvalue weighted by Gasteiger charge is -2.38. The van der Waals surface area contributed by atoms with E-state index in [9.17, 15) is 9.59 Å². The van der Waals surface area contributed by atoms with Crippen molar-refractivity contribution in [2.24, 2.45) is 17.8 Å². The molecule has 204 valence electrons. The van der Waals surface area contributed by atoms with Gasteiger partial charge < -0.3 is 9.64 Å². The minimum Gasteiger partial charge on any atom is -0.466 e. The molecule has 5 nitrogen and oxygen atoms in total. The van der Waals surface area contributed by atoms with Crippen LogP contribution in [0.25, 0.3) is 0 Å². The van der Waals surface area contributed by atoms with Gasteiger partial charge in [-0.15, -0.1) is 0 Å². The summed E-state index contributed by atoms with van der Waals surface area (Å²) in [6, 6.07) is 6.34. The Labute approximate surface area is 247 Å². The van der Waals surface area contributed by atoms with Crippen molar-refractivity contribution in [1.29, 1.82) is 0 Å². The highest BCUT2D eigenvalue weighted by Gasteiger charge is 2.37. The third-order valence-corrected chi connectivity index (χ3v) is 10.0. The van der Waals surface area contributed by atoms with Crippen LogP contribution >= 0.6 is 43.5 Å². The summed E-state index contributed by atoms with van der Waals surface area (Å²) in [5.41, 5.74) is 5.06. The standard InChI is InChI=1S/C30H35Br2ClN2O3/c1-2-38-30(37)20-5-3-18(4-6-20)13-26(36)35-11-9-19(10-12-35)28-27-21(15-24(33)16-25(27)32)7-8-22-14-23(31)17-34-29(22)28/h14-20,28H,2-13H2,1H3/t18?,20?,28-/m1/s1. The maximum Gasteiger partial charge on any atom is 0.308 e. The van der Waals surface area contributed by atoms with Crippen LogP contribution in [0.3, 0.4) is 0 Å². The van der Waals surface area contributed by atoms with Crippen molar-refractivity contribution in [3.8, 4) is 0 Å².